The molecular formula is C24H31N3O4. The summed E-state index contributed by atoms with van der Waals surface area (Å²) in [5.74, 6) is 1.37. The molecule has 7 nitrogen and oxygen atoms in total. The highest BCUT2D eigenvalue weighted by Crippen LogP contribution is 2.25. The van der Waals surface area contributed by atoms with Gasteiger partial charge >= 0.3 is 0 Å². The summed E-state index contributed by atoms with van der Waals surface area (Å²) < 4.78 is 10.6. The Morgan fingerprint density at radius 1 is 1.00 bits per heavy atom. The highest BCUT2D eigenvalue weighted by atomic mass is 16.5. The fourth-order valence-corrected chi connectivity index (χ4v) is 3.71. The molecule has 166 valence electrons. The quantitative estimate of drug-likeness (QED) is 0.739. The van der Waals surface area contributed by atoms with Gasteiger partial charge in [0.2, 0.25) is 11.8 Å². The van der Waals surface area contributed by atoms with Gasteiger partial charge < -0.3 is 19.7 Å². The predicted octanol–water partition coefficient (Wildman–Crippen LogP) is 2.65. The van der Waals surface area contributed by atoms with Crippen molar-refractivity contribution in [3.05, 3.63) is 53.1 Å². The Morgan fingerprint density at radius 3 is 2.42 bits per heavy atom. The number of ether oxygens (including phenoxy) is 2. The molecule has 3 rings (SSSR count). The van der Waals surface area contributed by atoms with Gasteiger partial charge in [0.15, 0.2) is 0 Å². The van der Waals surface area contributed by atoms with Crippen molar-refractivity contribution in [2.45, 2.75) is 20.3 Å². The number of anilines is 1. The lowest BCUT2D eigenvalue weighted by molar-refractivity contribution is -0.132. The van der Waals surface area contributed by atoms with Crippen molar-refractivity contribution in [3.8, 4) is 11.5 Å². The molecule has 2 amide bonds. The maximum atomic E-state index is 12.8. The third kappa shape index (κ3) is 5.76. The number of benzene rings is 2. The Bertz CT molecular complexity index is 936. The first kappa shape index (κ1) is 22.6. The Labute approximate surface area is 183 Å². The molecule has 0 aliphatic carbocycles. The molecule has 2 aromatic carbocycles. The lowest BCUT2D eigenvalue weighted by atomic mass is 10.1. The van der Waals surface area contributed by atoms with Crippen LogP contribution in [0.4, 0.5) is 5.69 Å². The number of nitrogens with one attached hydrogen (secondary N) is 1. The summed E-state index contributed by atoms with van der Waals surface area (Å²) in [6, 6.07) is 11.4. The molecule has 1 fully saturated rings. The fourth-order valence-electron chi connectivity index (χ4n) is 3.71. The molecule has 0 spiro atoms. The molecule has 1 heterocycles. The van der Waals surface area contributed by atoms with E-state index in [-0.39, 0.29) is 18.2 Å². The third-order valence-corrected chi connectivity index (χ3v) is 5.81. The molecule has 1 saturated heterocycles. The van der Waals surface area contributed by atoms with Crippen LogP contribution in [0.5, 0.6) is 11.5 Å². The summed E-state index contributed by atoms with van der Waals surface area (Å²) in [4.78, 5) is 29.2. The normalized spacial score (nSPS) is 14.3. The Balaban J connectivity index is 1.49. The molecule has 0 atom stereocenters. The topological polar surface area (TPSA) is 71.1 Å². The summed E-state index contributed by atoms with van der Waals surface area (Å²) in [5, 5.41) is 3.00. The molecule has 1 aliphatic heterocycles. The molecule has 1 N–H and O–H groups in total. The van der Waals surface area contributed by atoms with E-state index in [1.165, 1.54) is 0 Å². The van der Waals surface area contributed by atoms with Gasteiger partial charge in [-0.25, -0.2) is 0 Å². The van der Waals surface area contributed by atoms with E-state index in [9.17, 15) is 9.59 Å². The zero-order valence-corrected chi connectivity index (χ0v) is 18.7. The second kappa shape index (κ2) is 10.3. The van der Waals surface area contributed by atoms with Crippen molar-refractivity contribution < 1.29 is 19.1 Å². The summed E-state index contributed by atoms with van der Waals surface area (Å²) in [7, 11) is 3.19. The van der Waals surface area contributed by atoms with Crippen LogP contribution in [0, 0.1) is 13.8 Å². The SMILES string of the molecule is COc1ccc(CC(=O)N2CCN(CC(=O)Nc3cccc(C)c3C)CC2)c(OC)c1. The molecule has 7 heteroatoms. The van der Waals surface area contributed by atoms with E-state index < -0.39 is 0 Å². The number of carbonyl (C=O) groups excluding carboxylic acids is 2. The van der Waals surface area contributed by atoms with Gasteiger partial charge in [0.05, 0.1) is 27.2 Å². The van der Waals surface area contributed by atoms with Gasteiger partial charge in [0.1, 0.15) is 11.5 Å². The fraction of sp³-hybridized carbons (Fsp3) is 0.417. The maximum Gasteiger partial charge on any atom is 0.238 e. The van der Waals surface area contributed by atoms with Crippen LogP contribution in [0.3, 0.4) is 0 Å². The predicted molar refractivity (Wildman–Crippen MR) is 121 cm³/mol. The number of aryl methyl sites for hydroxylation is 1. The Morgan fingerprint density at radius 2 is 1.74 bits per heavy atom. The van der Waals surface area contributed by atoms with Crippen molar-refractivity contribution in [2.75, 3.05) is 52.3 Å². The van der Waals surface area contributed by atoms with Crippen LogP contribution in [0.15, 0.2) is 36.4 Å². The van der Waals surface area contributed by atoms with Crippen LogP contribution >= 0.6 is 0 Å². The molecule has 0 radical (unpaired) electrons. The van der Waals surface area contributed by atoms with Gasteiger partial charge in [0, 0.05) is 43.5 Å². The number of methoxy groups -OCH3 is 2. The number of rotatable bonds is 7. The van der Waals surface area contributed by atoms with E-state index >= 15 is 0 Å². The van der Waals surface area contributed by atoms with Gasteiger partial charge in [-0.2, -0.15) is 0 Å². The minimum absolute atomic E-state index is 0.0311. The van der Waals surface area contributed by atoms with Gasteiger partial charge in [-0.1, -0.05) is 18.2 Å². The van der Waals surface area contributed by atoms with E-state index in [4.69, 9.17) is 9.47 Å². The van der Waals surface area contributed by atoms with Gasteiger partial charge in [0.25, 0.3) is 0 Å². The third-order valence-electron chi connectivity index (χ3n) is 5.81. The first-order chi connectivity index (χ1) is 14.9. The molecule has 0 bridgehead atoms. The largest absolute Gasteiger partial charge is 0.497 e. The number of nitrogens with zero attached hydrogens (tertiary/aromatic N) is 2. The average molecular weight is 426 g/mol. The van der Waals surface area contributed by atoms with E-state index in [2.05, 4.69) is 10.2 Å². The Hall–Kier alpha value is -3.06. The van der Waals surface area contributed by atoms with Crippen LogP contribution in [-0.4, -0.2) is 68.6 Å². The first-order valence-electron chi connectivity index (χ1n) is 10.5. The van der Waals surface area contributed by atoms with Crippen molar-refractivity contribution in [2.24, 2.45) is 0 Å². The molecule has 0 unspecified atom stereocenters. The molecule has 31 heavy (non-hydrogen) atoms. The zero-order valence-electron chi connectivity index (χ0n) is 18.7. The van der Waals surface area contributed by atoms with Gasteiger partial charge in [-0.15, -0.1) is 0 Å². The molecular weight excluding hydrogens is 394 g/mol. The monoisotopic (exact) mass is 425 g/mol. The van der Waals surface area contributed by atoms with Crippen molar-refractivity contribution in [3.63, 3.8) is 0 Å². The number of hydrogen-bond acceptors (Lipinski definition) is 5. The standard InChI is InChI=1S/C24H31N3O4/c1-17-6-5-7-21(18(17)2)25-23(28)16-26-10-12-27(13-11-26)24(29)14-19-8-9-20(30-3)15-22(19)31-4/h5-9,15H,10-14,16H2,1-4H3,(H,25,28). The number of amides is 2. The minimum Gasteiger partial charge on any atom is -0.497 e. The van der Waals surface area contributed by atoms with E-state index in [0.717, 1.165) is 22.4 Å². The number of piperazine rings is 1. The maximum absolute atomic E-state index is 12.8. The number of carbonyl (C=O) groups is 2. The van der Waals surface area contributed by atoms with E-state index in [1.54, 1.807) is 20.3 Å². The smallest absolute Gasteiger partial charge is 0.238 e. The average Bonchev–Trinajstić information content (AvgIpc) is 2.77. The van der Waals surface area contributed by atoms with Crippen LogP contribution < -0.4 is 14.8 Å². The van der Waals surface area contributed by atoms with Crippen LogP contribution in [-0.2, 0) is 16.0 Å². The van der Waals surface area contributed by atoms with Crippen molar-refractivity contribution in [1.29, 1.82) is 0 Å². The summed E-state index contributed by atoms with van der Waals surface area (Å²) >= 11 is 0. The summed E-state index contributed by atoms with van der Waals surface area (Å²) in [6.07, 6.45) is 0.278. The molecule has 0 aromatic heterocycles. The van der Waals surface area contributed by atoms with Gasteiger partial charge in [-0.05, 0) is 37.1 Å². The summed E-state index contributed by atoms with van der Waals surface area (Å²) in [6.45, 7) is 6.91. The van der Waals surface area contributed by atoms with Crippen molar-refractivity contribution >= 4 is 17.5 Å². The van der Waals surface area contributed by atoms with E-state index in [1.807, 2.05) is 49.1 Å². The second-order valence-electron chi connectivity index (χ2n) is 7.81. The number of hydrogen-bond donors (Lipinski definition) is 1. The molecule has 2 aromatic rings. The second-order valence-corrected chi connectivity index (χ2v) is 7.81. The molecule has 1 aliphatic rings. The van der Waals surface area contributed by atoms with Gasteiger partial charge in [-0.3, -0.25) is 14.5 Å². The minimum atomic E-state index is -0.0311. The zero-order chi connectivity index (χ0) is 22.4. The van der Waals surface area contributed by atoms with Crippen molar-refractivity contribution in [1.82, 2.24) is 9.80 Å². The van der Waals surface area contributed by atoms with E-state index in [0.29, 0.717) is 44.2 Å². The highest BCUT2D eigenvalue weighted by Gasteiger charge is 2.23. The lowest BCUT2D eigenvalue weighted by Gasteiger charge is -2.34. The lowest BCUT2D eigenvalue weighted by Crippen LogP contribution is -2.50. The highest BCUT2D eigenvalue weighted by molar-refractivity contribution is 5.93. The summed E-state index contributed by atoms with van der Waals surface area (Å²) in [5.41, 5.74) is 3.93. The Kier molecular flexibility index (Phi) is 7.52. The first-order valence-corrected chi connectivity index (χ1v) is 10.5. The van der Waals surface area contributed by atoms with Crippen LogP contribution in [0.25, 0.3) is 0 Å². The molecule has 0 saturated carbocycles. The van der Waals surface area contributed by atoms with Crippen LogP contribution in [0.1, 0.15) is 16.7 Å². The van der Waals surface area contributed by atoms with Crippen LogP contribution in [0.2, 0.25) is 0 Å².